The second-order valence-electron chi connectivity index (χ2n) is 7.49. The lowest BCUT2D eigenvalue weighted by Crippen LogP contribution is -2.53. The van der Waals surface area contributed by atoms with Crippen LogP contribution in [0.1, 0.15) is 36.7 Å². The van der Waals surface area contributed by atoms with Gasteiger partial charge in [-0.3, -0.25) is 4.79 Å². The van der Waals surface area contributed by atoms with E-state index in [1.807, 2.05) is 44.2 Å². The first-order chi connectivity index (χ1) is 13.0. The van der Waals surface area contributed by atoms with E-state index in [1.165, 1.54) is 5.56 Å². The number of carbonyl (C=O) groups is 2. The minimum Gasteiger partial charge on any atom is -0.467 e. The van der Waals surface area contributed by atoms with E-state index in [1.54, 1.807) is 17.2 Å². The molecule has 1 aliphatic rings. The Morgan fingerprint density at radius 3 is 2.63 bits per heavy atom. The second kappa shape index (κ2) is 8.29. The highest BCUT2D eigenvalue weighted by atomic mass is 16.3. The molecule has 27 heavy (non-hydrogen) atoms. The van der Waals surface area contributed by atoms with Gasteiger partial charge < -0.3 is 20.0 Å². The van der Waals surface area contributed by atoms with Crippen molar-refractivity contribution in [2.24, 2.45) is 5.41 Å². The van der Waals surface area contributed by atoms with Gasteiger partial charge >= 0.3 is 6.03 Å². The van der Waals surface area contributed by atoms with Gasteiger partial charge in [0.1, 0.15) is 5.76 Å². The zero-order valence-electron chi connectivity index (χ0n) is 16.0. The number of rotatable bonds is 5. The first-order valence-corrected chi connectivity index (χ1v) is 9.35. The predicted molar refractivity (Wildman–Crippen MR) is 103 cm³/mol. The fourth-order valence-corrected chi connectivity index (χ4v) is 3.39. The second-order valence-corrected chi connectivity index (χ2v) is 7.49. The Morgan fingerprint density at radius 2 is 1.93 bits per heavy atom. The van der Waals surface area contributed by atoms with Crippen molar-refractivity contribution >= 4 is 11.9 Å². The van der Waals surface area contributed by atoms with Gasteiger partial charge in [-0.25, -0.2) is 4.79 Å². The summed E-state index contributed by atoms with van der Waals surface area (Å²) in [5.74, 6) is 0.700. The summed E-state index contributed by atoms with van der Waals surface area (Å²) in [6, 6.07) is 11.6. The summed E-state index contributed by atoms with van der Waals surface area (Å²) >= 11 is 0. The van der Waals surface area contributed by atoms with Gasteiger partial charge in [0.25, 0.3) is 0 Å². The molecule has 0 bridgehead atoms. The number of furan rings is 1. The monoisotopic (exact) mass is 369 g/mol. The smallest absolute Gasteiger partial charge is 0.317 e. The summed E-state index contributed by atoms with van der Waals surface area (Å²) in [4.78, 5) is 27.0. The third-order valence-electron chi connectivity index (χ3n) is 5.10. The van der Waals surface area contributed by atoms with E-state index in [9.17, 15) is 9.59 Å². The van der Waals surface area contributed by atoms with Crippen LogP contribution in [0.5, 0.6) is 0 Å². The third-order valence-corrected chi connectivity index (χ3v) is 5.10. The van der Waals surface area contributed by atoms with Gasteiger partial charge in [0.15, 0.2) is 0 Å². The van der Waals surface area contributed by atoms with E-state index in [-0.39, 0.29) is 11.9 Å². The molecule has 0 aliphatic carbocycles. The number of piperidine rings is 1. The zero-order chi connectivity index (χ0) is 19.3. The largest absolute Gasteiger partial charge is 0.467 e. The fourth-order valence-electron chi connectivity index (χ4n) is 3.39. The predicted octanol–water partition coefficient (Wildman–Crippen LogP) is 3.22. The van der Waals surface area contributed by atoms with Crippen molar-refractivity contribution < 1.29 is 14.0 Å². The lowest BCUT2D eigenvalue weighted by molar-refractivity contribution is -0.132. The van der Waals surface area contributed by atoms with Crippen molar-refractivity contribution in [1.29, 1.82) is 0 Å². The van der Waals surface area contributed by atoms with Gasteiger partial charge in [0, 0.05) is 19.6 Å². The maximum atomic E-state index is 12.8. The number of hydrogen-bond donors (Lipinski definition) is 2. The van der Waals surface area contributed by atoms with Crippen LogP contribution in [0.3, 0.4) is 0 Å². The molecule has 1 atom stereocenters. The number of benzene rings is 1. The summed E-state index contributed by atoms with van der Waals surface area (Å²) in [6.07, 6.45) is 3.16. The van der Waals surface area contributed by atoms with Crippen molar-refractivity contribution in [1.82, 2.24) is 15.5 Å². The molecule has 0 radical (unpaired) electrons. The van der Waals surface area contributed by atoms with E-state index in [4.69, 9.17) is 4.42 Å². The van der Waals surface area contributed by atoms with E-state index < -0.39 is 5.41 Å². The molecule has 6 nitrogen and oxygen atoms in total. The topological polar surface area (TPSA) is 74.6 Å². The molecule has 2 heterocycles. The van der Waals surface area contributed by atoms with Gasteiger partial charge in [0.2, 0.25) is 5.91 Å². The minimum atomic E-state index is -0.578. The summed E-state index contributed by atoms with van der Waals surface area (Å²) < 4.78 is 5.23. The summed E-state index contributed by atoms with van der Waals surface area (Å²) in [5.41, 5.74) is 1.69. The molecule has 0 spiro atoms. The number of likely N-dealkylation sites (tertiary alicyclic amines) is 1. The molecule has 1 saturated heterocycles. The molecule has 1 aromatic carbocycles. The van der Waals surface area contributed by atoms with Crippen LogP contribution < -0.4 is 10.6 Å². The molecule has 1 fully saturated rings. The number of nitrogens with zero attached hydrogens (tertiary/aromatic N) is 1. The van der Waals surface area contributed by atoms with Gasteiger partial charge in [0.05, 0.1) is 18.2 Å². The molecular formula is C21H27N3O3. The van der Waals surface area contributed by atoms with Crippen LogP contribution >= 0.6 is 0 Å². The molecular weight excluding hydrogens is 342 g/mol. The minimum absolute atomic E-state index is 0.00777. The number of amides is 3. The zero-order valence-corrected chi connectivity index (χ0v) is 16.0. The molecule has 144 valence electrons. The lowest BCUT2D eigenvalue weighted by atomic mass is 9.81. The van der Waals surface area contributed by atoms with E-state index >= 15 is 0 Å². The molecule has 6 heteroatoms. The first-order valence-electron chi connectivity index (χ1n) is 9.35. The number of aryl methyl sites for hydroxylation is 1. The molecule has 1 aromatic heterocycles. The van der Waals surface area contributed by atoms with Gasteiger partial charge in [-0.1, -0.05) is 29.8 Å². The van der Waals surface area contributed by atoms with Crippen molar-refractivity contribution in [3.63, 3.8) is 0 Å². The van der Waals surface area contributed by atoms with Gasteiger partial charge in [-0.05, 0) is 44.4 Å². The number of carbonyl (C=O) groups excluding carboxylic acids is 2. The molecule has 3 amide bonds. The molecule has 0 unspecified atom stereocenters. The highest BCUT2D eigenvalue weighted by Crippen LogP contribution is 2.30. The average Bonchev–Trinajstić information content (AvgIpc) is 3.19. The van der Waals surface area contributed by atoms with Crippen molar-refractivity contribution in [3.8, 4) is 0 Å². The van der Waals surface area contributed by atoms with Crippen LogP contribution in [0.2, 0.25) is 0 Å². The Hall–Kier alpha value is -2.76. The highest BCUT2D eigenvalue weighted by molar-refractivity contribution is 5.84. The van der Waals surface area contributed by atoms with Gasteiger partial charge in [-0.2, -0.15) is 0 Å². The van der Waals surface area contributed by atoms with Crippen LogP contribution in [0, 0.1) is 12.3 Å². The van der Waals surface area contributed by atoms with Crippen LogP contribution in [0.4, 0.5) is 4.79 Å². The van der Waals surface area contributed by atoms with Crippen molar-refractivity contribution in [2.75, 3.05) is 13.1 Å². The quantitative estimate of drug-likeness (QED) is 0.850. The van der Waals surface area contributed by atoms with Crippen LogP contribution in [-0.2, 0) is 17.9 Å². The Labute approximate surface area is 159 Å². The number of nitrogens with one attached hydrogen (secondary N) is 2. The molecule has 2 aromatic rings. The van der Waals surface area contributed by atoms with E-state index in [0.717, 1.165) is 18.4 Å². The molecule has 2 N–H and O–H groups in total. The van der Waals surface area contributed by atoms with Gasteiger partial charge in [-0.15, -0.1) is 0 Å². The SMILES string of the molecule is Cc1ccc(CNC(=O)[C@]2(C)CCCN(C(=O)NCc3ccco3)C2)cc1. The Bertz CT molecular complexity index is 770. The van der Waals surface area contributed by atoms with Crippen LogP contribution in [0.15, 0.2) is 47.1 Å². The fraction of sp³-hybridized carbons (Fsp3) is 0.429. The van der Waals surface area contributed by atoms with Crippen LogP contribution in [-0.4, -0.2) is 29.9 Å². The maximum Gasteiger partial charge on any atom is 0.317 e. The van der Waals surface area contributed by atoms with Crippen molar-refractivity contribution in [2.45, 2.75) is 39.8 Å². The Morgan fingerprint density at radius 1 is 1.15 bits per heavy atom. The maximum absolute atomic E-state index is 12.8. The van der Waals surface area contributed by atoms with E-state index in [2.05, 4.69) is 10.6 Å². The normalized spacial score (nSPS) is 19.6. The number of hydrogen-bond acceptors (Lipinski definition) is 3. The van der Waals surface area contributed by atoms with Crippen LogP contribution in [0.25, 0.3) is 0 Å². The number of urea groups is 1. The Balaban J connectivity index is 1.53. The highest BCUT2D eigenvalue weighted by Gasteiger charge is 2.39. The summed E-state index contributed by atoms with van der Waals surface area (Å²) in [7, 11) is 0. The lowest BCUT2D eigenvalue weighted by Gasteiger charge is -2.39. The van der Waals surface area contributed by atoms with E-state index in [0.29, 0.717) is 31.9 Å². The first kappa shape index (κ1) is 19.0. The summed E-state index contributed by atoms with van der Waals surface area (Å²) in [5, 5.41) is 5.89. The third kappa shape index (κ3) is 4.90. The Kier molecular flexibility index (Phi) is 5.84. The summed E-state index contributed by atoms with van der Waals surface area (Å²) in [6.45, 7) is 5.89. The van der Waals surface area contributed by atoms with Crippen molar-refractivity contribution in [3.05, 3.63) is 59.5 Å². The molecule has 3 rings (SSSR count). The molecule has 1 aliphatic heterocycles. The average molecular weight is 369 g/mol. The standard InChI is InChI=1S/C21H27N3O3/c1-16-6-8-17(9-7-16)13-22-19(25)21(2)10-4-11-24(15-21)20(26)23-14-18-5-3-12-27-18/h3,5-9,12H,4,10-11,13-15H2,1-2H3,(H,22,25)(H,23,26)/t21-/m1/s1. The molecule has 0 saturated carbocycles.